The van der Waals surface area contributed by atoms with Gasteiger partial charge in [0.1, 0.15) is 5.69 Å². The molecule has 0 saturated heterocycles. The second kappa shape index (κ2) is 3.83. The number of hydrogen-bond donors (Lipinski definition) is 0. The minimum atomic E-state index is 0.998. The van der Waals surface area contributed by atoms with E-state index in [1.54, 1.807) is 6.20 Å². The Balaban J connectivity index is 2.54. The highest BCUT2D eigenvalue weighted by Gasteiger charge is 2.09. The first kappa shape index (κ1) is 8.62. The number of halogens is 1. The predicted octanol–water partition coefficient (Wildman–Crippen LogP) is 2.23. The average Bonchev–Trinajstić information content (AvgIpc) is 2.20. The number of nitrogens with zero attached hydrogens (tertiary/aromatic N) is 2. The summed E-state index contributed by atoms with van der Waals surface area (Å²) < 4.78 is 2.03. The molecule has 64 valence electrons. The van der Waals surface area contributed by atoms with Crippen LogP contribution in [-0.2, 0) is 0 Å². The van der Waals surface area contributed by atoms with Crippen molar-refractivity contribution < 1.29 is 2.78 Å². The van der Waals surface area contributed by atoms with E-state index in [0.29, 0.717) is 0 Å². The van der Waals surface area contributed by atoms with Crippen molar-refractivity contribution >= 4 is 22.9 Å². The van der Waals surface area contributed by atoms with E-state index < -0.39 is 0 Å². The fourth-order valence-corrected chi connectivity index (χ4v) is 1.73. The lowest BCUT2D eigenvalue weighted by molar-refractivity contribution is -0.427. The number of aromatic nitrogens is 2. The summed E-state index contributed by atoms with van der Waals surface area (Å²) >= 11 is 2.24. The quantitative estimate of drug-likeness (QED) is 0.733. The van der Waals surface area contributed by atoms with E-state index in [2.05, 4.69) is 33.9 Å². The van der Waals surface area contributed by atoms with Gasteiger partial charge in [0.05, 0.1) is 0 Å². The van der Waals surface area contributed by atoms with Crippen LogP contribution in [-0.4, -0.2) is 4.98 Å². The lowest BCUT2D eigenvalue weighted by Gasteiger charge is -1.94. The first-order chi connectivity index (χ1) is 6.38. The first-order valence-electron chi connectivity index (χ1n) is 3.96. The highest BCUT2D eigenvalue weighted by atomic mass is 127. The molecule has 2 heterocycles. The highest BCUT2D eigenvalue weighted by Crippen LogP contribution is 2.11. The summed E-state index contributed by atoms with van der Waals surface area (Å²) in [6, 6.07) is 12.0. The van der Waals surface area contributed by atoms with Crippen molar-refractivity contribution in [1.82, 2.24) is 4.98 Å². The fourth-order valence-electron chi connectivity index (χ4n) is 1.13. The fraction of sp³-hybridized carbons (Fsp3) is 0. The molecule has 0 saturated carbocycles. The third kappa shape index (κ3) is 1.85. The Morgan fingerprint density at radius 3 is 2.62 bits per heavy atom. The molecule has 0 radical (unpaired) electrons. The molecule has 0 amide bonds. The van der Waals surface area contributed by atoms with Gasteiger partial charge in [0.15, 0.2) is 6.20 Å². The van der Waals surface area contributed by atoms with E-state index in [4.69, 9.17) is 0 Å². The number of rotatable bonds is 1. The van der Waals surface area contributed by atoms with E-state index in [1.807, 2.05) is 39.3 Å². The van der Waals surface area contributed by atoms with Crippen LogP contribution in [0, 0.1) is 0 Å². The van der Waals surface area contributed by atoms with Gasteiger partial charge < -0.3 is 0 Å². The van der Waals surface area contributed by atoms with Crippen LogP contribution in [0.1, 0.15) is 0 Å². The van der Waals surface area contributed by atoms with E-state index in [9.17, 15) is 0 Å². The molecule has 0 bridgehead atoms. The van der Waals surface area contributed by atoms with Crippen LogP contribution in [0.25, 0.3) is 11.4 Å². The molecule has 0 aromatic carbocycles. The van der Waals surface area contributed by atoms with Crippen molar-refractivity contribution in [3.05, 3.63) is 48.8 Å². The van der Waals surface area contributed by atoms with Crippen LogP contribution >= 0.6 is 22.9 Å². The van der Waals surface area contributed by atoms with Gasteiger partial charge in [-0.15, -0.1) is 2.78 Å². The normalized spacial score (nSPS) is 9.92. The minimum absolute atomic E-state index is 0.998. The summed E-state index contributed by atoms with van der Waals surface area (Å²) in [6.07, 6.45) is 3.81. The molecule has 13 heavy (non-hydrogen) atoms. The lowest BCUT2D eigenvalue weighted by Crippen LogP contribution is -2.21. The largest absolute Gasteiger partial charge is 0.354 e. The van der Waals surface area contributed by atoms with Gasteiger partial charge in [0, 0.05) is 18.3 Å². The molecule has 2 aromatic rings. The smallest absolute Gasteiger partial charge is 0.250 e. The van der Waals surface area contributed by atoms with E-state index >= 15 is 0 Å². The molecule has 0 atom stereocenters. The van der Waals surface area contributed by atoms with Crippen molar-refractivity contribution in [2.75, 3.05) is 0 Å². The van der Waals surface area contributed by atoms with Crippen molar-refractivity contribution in [2.24, 2.45) is 0 Å². The maximum absolute atomic E-state index is 4.28. The van der Waals surface area contributed by atoms with E-state index in [0.717, 1.165) is 11.4 Å². The summed E-state index contributed by atoms with van der Waals surface area (Å²) in [7, 11) is 0. The molecule has 2 rings (SSSR count). The monoisotopic (exact) mass is 283 g/mol. The molecule has 0 fully saturated rings. The predicted molar refractivity (Wildman–Crippen MR) is 59.3 cm³/mol. The van der Waals surface area contributed by atoms with Gasteiger partial charge in [-0.3, -0.25) is 0 Å². The Bertz CT molecular complexity index is 401. The van der Waals surface area contributed by atoms with Crippen LogP contribution < -0.4 is 2.78 Å². The summed E-state index contributed by atoms with van der Waals surface area (Å²) in [4.78, 5) is 4.28. The van der Waals surface area contributed by atoms with Gasteiger partial charge in [0.2, 0.25) is 5.69 Å². The van der Waals surface area contributed by atoms with Crippen LogP contribution in [0.2, 0.25) is 0 Å². The zero-order valence-electron chi connectivity index (χ0n) is 6.89. The zero-order chi connectivity index (χ0) is 9.10. The van der Waals surface area contributed by atoms with E-state index in [-0.39, 0.29) is 0 Å². The second-order valence-electron chi connectivity index (χ2n) is 2.61. The zero-order valence-corrected chi connectivity index (χ0v) is 9.05. The van der Waals surface area contributed by atoms with Gasteiger partial charge in [0.25, 0.3) is 0 Å². The summed E-state index contributed by atoms with van der Waals surface area (Å²) in [5.74, 6) is 0. The van der Waals surface area contributed by atoms with Crippen LogP contribution in [0.5, 0.6) is 0 Å². The molecule has 0 aliphatic rings. The van der Waals surface area contributed by atoms with Gasteiger partial charge in [-0.2, -0.15) is 0 Å². The van der Waals surface area contributed by atoms with Crippen LogP contribution in [0.3, 0.4) is 0 Å². The standard InChI is InChI=1S/C10H8IN2/c11-13-8-4-2-6-10(13)9-5-1-3-7-12-9/h1-8H/q+1. The molecular weight excluding hydrogens is 275 g/mol. The molecular formula is C10H8IN2+. The molecule has 3 heteroatoms. The summed E-state index contributed by atoms with van der Waals surface area (Å²) in [6.45, 7) is 0. The molecule has 0 aliphatic heterocycles. The van der Waals surface area contributed by atoms with Crippen molar-refractivity contribution in [1.29, 1.82) is 0 Å². The Morgan fingerprint density at radius 2 is 1.92 bits per heavy atom. The van der Waals surface area contributed by atoms with E-state index in [1.165, 1.54) is 0 Å². The lowest BCUT2D eigenvalue weighted by atomic mass is 10.2. The SMILES string of the molecule is I[n+]1ccccc1-c1ccccn1. The van der Waals surface area contributed by atoms with Gasteiger partial charge >= 0.3 is 22.9 Å². The Morgan fingerprint density at radius 1 is 1.08 bits per heavy atom. The first-order valence-corrected chi connectivity index (χ1v) is 4.92. The second-order valence-corrected chi connectivity index (χ2v) is 3.65. The summed E-state index contributed by atoms with van der Waals surface area (Å²) in [5, 5.41) is 0. The Labute approximate surface area is 90.8 Å². The molecule has 0 spiro atoms. The Hall–Kier alpha value is -0.970. The van der Waals surface area contributed by atoms with Gasteiger partial charge in [-0.1, -0.05) is 6.07 Å². The van der Waals surface area contributed by atoms with Crippen LogP contribution in [0.4, 0.5) is 0 Å². The van der Waals surface area contributed by atoms with Crippen LogP contribution in [0.15, 0.2) is 48.8 Å². The summed E-state index contributed by atoms with van der Waals surface area (Å²) in [5.41, 5.74) is 2.11. The minimum Gasteiger partial charge on any atom is -0.250 e. The topological polar surface area (TPSA) is 16.8 Å². The molecule has 0 N–H and O–H groups in total. The molecule has 0 unspecified atom stereocenters. The number of pyridine rings is 2. The number of hydrogen-bond acceptors (Lipinski definition) is 1. The Kier molecular flexibility index (Phi) is 2.54. The molecule has 2 nitrogen and oxygen atoms in total. The maximum atomic E-state index is 4.28. The molecule has 0 aliphatic carbocycles. The molecule has 2 aromatic heterocycles. The maximum Gasteiger partial charge on any atom is 0.354 e. The average molecular weight is 283 g/mol. The van der Waals surface area contributed by atoms with Crippen molar-refractivity contribution in [3.63, 3.8) is 0 Å². The van der Waals surface area contributed by atoms with Gasteiger partial charge in [-0.25, -0.2) is 4.98 Å². The highest BCUT2D eigenvalue weighted by molar-refractivity contribution is 14.1. The third-order valence-corrected chi connectivity index (χ3v) is 2.58. The van der Waals surface area contributed by atoms with Crippen molar-refractivity contribution in [2.45, 2.75) is 0 Å². The van der Waals surface area contributed by atoms with Gasteiger partial charge in [-0.05, 0) is 18.2 Å². The van der Waals surface area contributed by atoms with Crippen molar-refractivity contribution in [3.8, 4) is 11.4 Å². The third-order valence-electron chi connectivity index (χ3n) is 1.74.